The number of benzene rings is 2. The van der Waals surface area contributed by atoms with Crippen LogP contribution in [-0.4, -0.2) is 22.3 Å². The van der Waals surface area contributed by atoms with Gasteiger partial charge in [-0.3, -0.25) is 0 Å². The smallest absolute Gasteiger partial charge is 0.489 e. The van der Waals surface area contributed by atoms with Crippen molar-refractivity contribution >= 4 is 12.6 Å². The highest BCUT2D eigenvalue weighted by Crippen LogP contribution is 2.27. The van der Waals surface area contributed by atoms with Gasteiger partial charge in [0, 0.05) is 5.56 Å². The van der Waals surface area contributed by atoms with Gasteiger partial charge >= 0.3 is 7.12 Å². The molecular formula is C12H11BO3. The van der Waals surface area contributed by atoms with Crippen LogP contribution in [0.5, 0.6) is 5.75 Å². The van der Waals surface area contributed by atoms with Gasteiger partial charge in [0.1, 0.15) is 5.75 Å². The highest BCUT2D eigenvalue weighted by molar-refractivity contribution is 6.60. The molecule has 0 aliphatic carbocycles. The van der Waals surface area contributed by atoms with E-state index in [1.807, 2.05) is 0 Å². The molecule has 0 amide bonds. The molecule has 0 spiro atoms. The Bertz CT molecular complexity index is 497. The first-order valence-electron chi connectivity index (χ1n) is 4.93. The van der Waals surface area contributed by atoms with Crippen LogP contribution < -0.4 is 5.46 Å². The van der Waals surface area contributed by atoms with Crippen molar-refractivity contribution in [1.82, 2.24) is 0 Å². The van der Waals surface area contributed by atoms with Crippen LogP contribution in [0.25, 0.3) is 11.1 Å². The van der Waals surface area contributed by atoms with Crippen molar-refractivity contribution in [2.45, 2.75) is 0 Å². The summed E-state index contributed by atoms with van der Waals surface area (Å²) in [6.45, 7) is 0. The van der Waals surface area contributed by atoms with Gasteiger partial charge in [-0.1, -0.05) is 42.5 Å². The summed E-state index contributed by atoms with van der Waals surface area (Å²) in [5.41, 5.74) is 1.59. The molecule has 0 aliphatic rings. The van der Waals surface area contributed by atoms with E-state index in [0.29, 0.717) is 16.6 Å². The second-order valence-electron chi connectivity index (χ2n) is 3.48. The standard InChI is InChI=1S/C12H11BO3/c14-12-8-4-2-6-10(12)9-5-1-3-7-11(9)13(15)16/h1-8,14-16H. The molecule has 3 N–H and O–H groups in total. The first-order valence-corrected chi connectivity index (χ1v) is 4.93. The Kier molecular flexibility index (Phi) is 2.94. The van der Waals surface area contributed by atoms with Gasteiger partial charge in [0.15, 0.2) is 0 Å². The molecule has 80 valence electrons. The molecule has 0 heterocycles. The zero-order chi connectivity index (χ0) is 11.5. The summed E-state index contributed by atoms with van der Waals surface area (Å²) < 4.78 is 0. The average Bonchev–Trinajstić information content (AvgIpc) is 2.29. The number of phenolic OH excluding ortho intramolecular Hbond substituents is 1. The number of para-hydroxylation sites is 1. The minimum Gasteiger partial charge on any atom is -0.507 e. The summed E-state index contributed by atoms with van der Waals surface area (Å²) in [7, 11) is -1.55. The third-order valence-electron chi connectivity index (χ3n) is 2.43. The van der Waals surface area contributed by atoms with Gasteiger partial charge in [-0.2, -0.15) is 0 Å². The Morgan fingerprint density at radius 3 is 1.94 bits per heavy atom. The number of aromatic hydroxyl groups is 1. The van der Waals surface area contributed by atoms with Crippen LogP contribution in [0.15, 0.2) is 48.5 Å². The van der Waals surface area contributed by atoms with E-state index in [1.54, 1.807) is 48.5 Å². The topological polar surface area (TPSA) is 60.7 Å². The maximum absolute atomic E-state index is 9.71. The minimum absolute atomic E-state index is 0.121. The van der Waals surface area contributed by atoms with Crippen molar-refractivity contribution in [3.8, 4) is 16.9 Å². The van der Waals surface area contributed by atoms with E-state index >= 15 is 0 Å². The summed E-state index contributed by atoms with van der Waals surface area (Å²) >= 11 is 0. The van der Waals surface area contributed by atoms with Gasteiger partial charge in [-0.15, -0.1) is 0 Å². The Morgan fingerprint density at radius 2 is 1.31 bits per heavy atom. The molecule has 0 radical (unpaired) electrons. The lowest BCUT2D eigenvalue weighted by atomic mass is 9.75. The van der Waals surface area contributed by atoms with E-state index in [0.717, 1.165) is 0 Å². The Hall–Kier alpha value is -1.78. The fourth-order valence-electron chi connectivity index (χ4n) is 1.67. The van der Waals surface area contributed by atoms with Crippen LogP contribution in [0.4, 0.5) is 0 Å². The number of hydrogen-bond donors (Lipinski definition) is 3. The van der Waals surface area contributed by atoms with Gasteiger partial charge in [-0.05, 0) is 17.1 Å². The zero-order valence-corrected chi connectivity index (χ0v) is 8.54. The first-order chi connectivity index (χ1) is 7.70. The minimum atomic E-state index is -1.55. The van der Waals surface area contributed by atoms with Crippen molar-refractivity contribution in [1.29, 1.82) is 0 Å². The largest absolute Gasteiger partial charge is 0.507 e. The van der Waals surface area contributed by atoms with Gasteiger partial charge in [-0.25, -0.2) is 0 Å². The van der Waals surface area contributed by atoms with Crippen LogP contribution in [0.3, 0.4) is 0 Å². The van der Waals surface area contributed by atoms with Crippen molar-refractivity contribution < 1.29 is 15.2 Å². The Balaban J connectivity index is 2.60. The van der Waals surface area contributed by atoms with Gasteiger partial charge in [0.05, 0.1) is 0 Å². The fourth-order valence-corrected chi connectivity index (χ4v) is 1.67. The summed E-state index contributed by atoms with van der Waals surface area (Å²) in [6, 6.07) is 13.7. The van der Waals surface area contributed by atoms with E-state index in [4.69, 9.17) is 0 Å². The summed E-state index contributed by atoms with van der Waals surface area (Å²) in [5, 5.41) is 28.2. The molecule has 4 heteroatoms. The van der Waals surface area contributed by atoms with Crippen LogP contribution in [0.2, 0.25) is 0 Å². The fraction of sp³-hybridized carbons (Fsp3) is 0. The van der Waals surface area contributed by atoms with Gasteiger partial charge in [0.25, 0.3) is 0 Å². The van der Waals surface area contributed by atoms with E-state index < -0.39 is 7.12 Å². The average molecular weight is 214 g/mol. The maximum Gasteiger partial charge on any atom is 0.489 e. The highest BCUT2D eigenvalue weighted by Gasteiger charge is 2.17. The summed E-state index contributed by atoms with van der Waals surface area (Å²) in [4.78, 5) is 0. The molecule has 3 nitrogen and oxygen atoms in total. The predicted octanol–water partition coefficient (Wildman–Crippen LogP) is 0.739. The molecule has 0 fully saturated rings. The second kappa shape index (κ2) is 4.39. The molecule has 0 atom stereocenters. The van der Waals surface area contributed by atoms with Crippen LogP contribution >= 0.6 is 0 Å². The number of phenols is 1. The molecule has 0 aliphatic heterocycles. The molecule has 16 heavy (non-hydrogen) atoms. The SMILES string of the molecule is OB(O)c1ccccc1-c1ccccc1O. The molecule has 2 aromatic carbocycles. The van der Waals surface area contributed by atoms with Crippen molar-refractivity contribution in [2.24, 2.45) is 0 Å². The van der Waals surface area contributed by atoms with E-state index in [9.17, 15) is 15.2 Å². The zero-order valence-electron chi connectivity index (χ0n) is 8.54. The van der Waals surface area contributed by atoms with E-state index in [1.165, 1.54) is 0 Å². The van der Waals surface area contributed by atoms with Crippen molar-refractivity contribution in [3.05, 3.63) is 48.5 Å². The molecule has 2 rings (SSSR count). The van der Waals surface area contributed by atoms with E-state index in [-0.39, 0.29) is 5.75 Å². The Morgan fingerprint density at radius 1 is 0.750 bits per heavy atom. The quantitative estimate of drug-likeness (QED) is 0.646. The molecule has 0 saturated heterocycles. The van der Waals surface area contributed by atoms with Gasteiger partial charge in [0.2, 0.25) is 0 Å². The third-order valence-corrected chi connectivity index (χ3v) is 2.43. The second-order valence-corrected chi connectivity index (χ2v) is 3.48. The molecule has 0 bridgehead atoms. The van der Waals surface area contributed by atoms with Crippen molar-refractivity contribution in [3.63, 3.8) is 0 Å². The van der Waals surface area contributed by atoms with Crippen LogP contribution in [0.1, 0.15) is 0 Å². The van der Waals surface area contributed by atoms with Gasteiger partial charge < -0.3 is 15.2 Å². The predicted molar refractivity (Wildman–Crippen MR) is 63.4 cm³/mol. The maximum atomic E-state index is 9.71. The first kappa shape index (κ1) is 10.7. The van der Waals surface area contributed by atoms with Crippen molar-refractivity contribution in [2.75, 3.05) is 0 Å². The molecule has 2 aromatic rings. The summed E-state index contributed by atoms with van der Waals surface area (Å²) in [6.07, 6.45) is 0. The Labute approximate surface area is 93.8 Å². The monoisotopic (exact) mass is 214 g/mol. The molecule has 0 unspecified atom stereocenters. The highest BCUT2D eigenvalue weighted by atomic mass is 16.4. The normalized spacial score (nSPS) is 10.1. The number of hydrogen-bond acceptors (Lipinski definition) is 3. The molecule has 0 saturated carbocycles. The molecular weight excluding hydrogens is 203 g/mol. The van der Waals surface area contributed by atoms with E-state index in [2.05, 4.69) is 0 Å². The lowest BCUT2D eigenvalue weighted by molar-refractivity contribution is 0.426. The number of rotatable bonds is 2. The third kappa shape index (κ3) is 1.93. The molecule has 0 aromatic heterocycles. The van der Waals surface area contributed by atoms with Crippen LogP contribution in [0, 0.1) is 0 Å². The summed E-state index contributed by atoms with van der Waals surface area (Å²) in [5.74, 6) is 0.121. The lowest BCUT2D eigenvalue weighted by Gasteiger charge is -2.09. The van der Waals surface area contributed by atoms with Crippen LogP contribution in [-0.2, 0) is 0 Å². The lowest BCUT2D eigenvalue weighted by Crippen LogP contribution is -2.31.